The van der Waals surface area contributed by atoms with Crippen molar-refractivity contribution in [3.05, 3.63) is 34.9 Å². The molecule has 1 heterocycles. The molecule has 0 bridgehead atoms. The minimum Gasteiger partial charge on any atom is -0.311 e. The molecule has 1 spiro atoms. The monoisotopic (exact) mass is 286 g/mol. The molecule has 0 aromatic heterocycles. The van der Waals surface area contributed by atoms with Crippen molar-refractivity contribution < 1.29 is 0 Å². The van der Waals surface area contributed by atoms with Gasteiger partial charge in [-0.2, -0.15) is 0 Å². The van der Waals surface area contributed by atoms with Crippen LogP contribution in [0.3, 0.4) is 0 Å². The zero-order valence-electron chi connectivity index (χ0n) is 13.9. The number of nitrogens with zero attached hydrogens (tertiary/aromatic N) is 1. The van der Waals surface area contributed by atoms with Crippen LogP contribution in [0.5, 0.6) is 0 Å². The van der Waals surface area contributed by atoms with Gasteiger partial charge in [0.2, 0.25) is 0 Å². The van der Waals surface area contributed by atoms with E-state index in [1.807, 2.05) is 0 Å². The Balaban J connectivity index is 1.84. The lowest BCUT2D eigenvalue weighted by atomic mass is 9.78. The van der Waals surface area contributed by atoms with E-state index in [0.29, 0.717) is 11.6 Å². The minimum absolute atomic E-state index is 0.418. The van der Waals surface area contributed by atoms with Crippen molar-refractivity contribution in [3.8, 4) is 0 Å². The van der Waals surface area contributed by atoms with Crippen molar-refractivity contribution >= 4 is 0 Å². The first-order valence-corrected chi connectivity index (χ1v) is 8.64. The normalized spacial score (nSPS) is 26.1. The summed E-state index contributed by atoms with van der Waals surface area (Å²) in [6.07, 6.45) is 6.97. The molecule has 1 saturated heterocycles. The van der Waals surface area contributed by atoms with Crippen LogP contribution in [0.4, 0.5) is 0 Å². The van der Waals surface area contributed by atoms with E-state index >= 15 is 0 Å². The van der Waals surface area contributed by atoms with Gasteiger partial charge in [-0.25, -0.2) is 0 Å². The van der Waals surface area contributed by atoms with Crippen LogP contribution in [0, 0.1) is 13.8 Å². The summed E-state index contributed by atoms with van der Waals surface area (Å²) in [5.41, 5.74) is 4.77. The summed E-state index contributed by atoms with van der Waals surface area (Å²) in [5, 5.41) is 3.74. The minimum atomic E-state index is 0.418. The van der Waals surface area contributed by atoms with E-state index in [0.717, 1.165) is 6.54 Å². The van der Waals surface area contributed by atoms with Crippen LogP contribution in [0.25, 0.3) is 0 Å². The first-order valence-electron chi connectivity index (χ1n) is 8.64. The standard InChI is InChI=1S/C19H30N2/c1-15-7-8-16(2)18(11-15)13-21-12-17(3)20-14-19(21)9-5-4-6-10-19/h7-8,11,17,20H,4-6,9-10,12-14H2,1-3H3. The molecule has 2 nitrogen and oxygen atoms in total. The molecule has 116 valence electrons. The molecule has 2 aliphatic rings. The molecule has 1 N–H and O–H groups in total. The Morgan fingerprint density at radius 1 is 1.19 bits per heavy atom. The first-order chi connectivity index (χ1) is 10.1. The second-order valence-electron chi connectivity index (χ2n) is 7.38. The van der Waals surface area contributed by atoms with Crippen LogP contribution in [0.2, 0.25) is 0 Å². The fraction of sp³-hybridized carbons (Fsp3) is 0.684. The van der Waals surface area contributed by atoms with E-state index in [9.17, 15) is 0 Å². The van der Waals surface area contributed by atoms with Gasteiger partial charge in [0.1, 0.15) is 0 Å². The third-order valence-corrected chi connectivity index (χ3v) is 5.59. The smallest absolute Gasteiger partial charge is 0.0338 e. The van der Waals surface area contributed by atoms with Gasteiger partial charge < -0.3 is 5.32 Å². The maximum absolute atomic E-state index is 3.74. The van der Waals surface area contributed by atoms with Gasteiger partial charge in [-0.1, -0.05) is 43.0 Å². The lowest BCUT2D eigenvalue weighted by Crippen LogP contribution is -2.64. The molecule has 2 fully saturated rings. The molecule has 1 aliphatic carbocycles. The Morgan fingerprint density at radius 2 is 1.95 bits per heavy atom. The van der Waals surface area contributed by atoms with Crippen molar-refractivity contribution in [3.63, 3.8) is 0 Å². The number of benzene rings is 1. The highest BCUT2D eigenvalue weighted by Gasteiger charge is 2.41. The number of aryl methyl sites for hydroxylation is 2. The highest BCUT2D eigenvalue weighted by Crippen LogP contribution is 2.36. The highest BCUT2D eigenvalue weighted by molar-refractivity contribution is 5.30. The van der Waals surface area contributed by atoms with Crippen LogP contribution in [-0.2, 0) is 6.54 Å². The number of nitrogens with one attached hydrogen (secondary N) is 1. The summed E-state index contributed by atoms with van der Waals surface area (Å²) in [5.74, 6) is 0. The average Bonchev–Trinajstić information content (AvgIpc) is 2.48. The summed E-state index contributed by atoms with van der Waals surface area (Å²) in [6, 6.07) is 7.51. The maximum Gasteiger partial charge on any atom is 0.0338 e. The fourth-order valence-electron chi connectivity index (χ4n) is 4.18. The van der Waals surface area contributed by atoms with Crippen LogP contribution in [0.15, 0.2) is 18.2 Å². The maximum atomic E-state index is 3.74. The zero-order valence-corrected chi connectivity index (χ0v) is 13.9. The molecule has 1 saturated carbocycles. The summed E-state index contributed by atoms with van der Waals surface area (Å²) < 4.78 is 0. The van der Waals surface area contributed by atoms with E-state index in [4.69, 9.17) is 0 Å². The second kappa shape index (κ2) is 6.10. The van der Waals surface area contributed by atoms with E-state index in [1.54, 1.807) is 0 Å². The van der Waals surface area contributed by atoms with E-state index < -0.39 is 0 Å². The van der Waals surface area contributed by atoms with Gasteiger partial charge in [-0.3, -0.25) is 4.90 Å². The van der Waals surface area contributed by atoms with Gasteiger partial charge in [0.25, 0.3) is 0 Å². The van der Waals surface area contributed by atoms with Gasteiger partial charge in [0.15, 0.2) is 0 Å². The molecule has 2 heteroatoms. The summed E-state index contributed by atoms with van der Waals surface area (Å²) >= 11 is 0. The quantitative estimate of drug-likeness (QED) is 0.889. The zero-order chi connectivity index (χ0) is 14.9. The van der Waals surface area contributed by atoms with E-state index in [1.165, 1.54) is 61.9 Å². The molecule has 0 radical (unpaired) electrons. The first kappa shape index (κ1) is 15.1. The molecule has 21 heavy (non-hydrogen) atoms. The Labute approximate surface area is 129 Å². The summed E-state index contributed by atoms with van der Waals surface area (Å²) in [6.45, 7) is 10.3. The lowest BCUT2D eigenvalue weighted by molar-refractivity contribution is 0.00604. The predicted octanol–water partition coefficient (Wildman–Crippen LogP) is 3.80. The molecule has 1 aromatic carbocycles. The molecule has 1 atom stereocenters. The Hall–Kier alpha value is -0.860. The molecule has 3 rings (SSSR count). The Morgan fingerprint density at radius 3 is 2.71 bits per heavy atom. The molecular weight excluding hydrogens is 256 g/mol. The highest BCUT2D eigenvalue weighted by atomic mass is 15.3. The van der Waals surface area contributed by atoms with Gasteiger partial charge in [-0.15, -0.1) is 0 Å². The number of hydrogen-bond acceptors (Lipinski definition) is 2. The number of hydrogen-bond donors (Lipinski definition) is 1. The fourth-order valence-corrected chi connectivity index (χ4v) is 4.18. The van der Waals surface area contributed by atoms with Gasteiger partial charge in [0, 0.05) is 31.2 Å². The molecule has 1 unspecified atom stereocenters. The van der Waals surface area contributed by atoms with Gasteiger partial charge in [0.05, 0.1) is 0 Å². The van der Waals surface area contributed by atoms with Crippen molar-refractivity contribution in [2.45, 2.75) is 71.0 Å². The SMILES string of the molecule is Cc1ccc(C)c(CN2CC(C)NCC23CCCCC3)c1. The van der Waals surface area contributed by atoms with E-state index in [2.05, 4.69) is 49.2 Å². The van der Waals surface area contributed by atoms with Gasteiger partial charge in [-0.05, 0) is 44.7 Å². The summed E-state index contributed by atoms with van der Waals surface area (Å²) in [7, 11) is 0. The molecular formula is C19H30N2. The third kappa shape index (κ3) is 3.17. The van der Waals surface area contributed by atoms with Crippen molar-refractivity contribution in [1.29, 1.82) is 0 Å². The largest absolute Gasteiger partial charge is 0.311 e. The van der Waals surface area contributed by atoms with Crippen LogP contribution < -0.4 is 5.32 Å². The lowest BCUT2D eigenvalue weighted by Gasteiger charge is -2.52. The third-order valence-electron chi connectivity index (χ3n) is 5.59. The van der Waals surface area contributed by atoms with Crippen molar-refractivity contribution in [2.24, 2.45) is 0 Å². The van der Waals surface area contributed by atoms with E-state index in [-0.39, 0.29) is 0 Å². The average molecular weight is 286 g/mol. The molecule has 1 aromatic rings. The Bertz CT molecular complexity index is 488. The predicted molar refractivity (Wildman–Crippen MR) is 89.6 cm³/mol. The summed E-state index contributed by atoms with van der Waals surface area (Å²) in [4.78, 5) is 2.80. The van der Waals surface area contributed by atoms with Crippen molar-refractivity contribution in [2.75, 3.05) is 13.1 Å². The van der Waals surface area contributed by atoms with Crippen molar-refractivity contribution in [1.82, 2.24) is 10.2 Å². The Kier molecular flexibility index (Phi) is 4.37. The van der Waals surface area contributed by atoms with Gasteiger partial charge >= 0.3 is 0 Å². The number of rotatable bonds is 2. The van der Waals surface area contributed by atoms with Crippen LogP contribution >= 0.6 is 0 Å². The second-order valence-corrected chi connectivity index (χ2v) is 7.38. The van der Waals surface area contributed by atoms with Crippen LogP contribution in [0.1, 0.15) is 55.7 Å². The number of piperazine rings is 1. The molecule has 0 amide bonds. The molecule has 1 aliphatic heterocycles. The topological polar surface area (TPSA) is 15.3 Å². The van der Waals surface area contributed by atoms with Crippen LogP contribution in [-0.4, -0.2) is 29.6 Å².